The van der Waals surface area contributed by atoms with E-state index < -0.39 is 5.97 Å². The molecule has 0 aliphatic carbocycles. The first-order valence-electron chi connectivity index (χ1n) is 7.93. The number of carboxylic acids is 1. The molecule has 0 radical (unpaired) electrons. The Hall–Kier alpha value is -2.89. The number of carboxylic acid groups (broad SMARTS) is 1. The second kappa shape index (κ2) is 7.34. The van der Waals surface area contributed by atoms with Crippen LogP contribution in [0, 0.1) is 0 Å². The quantitative estimate of drug-likeness (QED) is 0.868. The van der Waals surface area contributed by atoms with Gasteiger partial charge in [0, 0.05) is 5.92 Å². The van der Waals surface area contributed by atoms with Crippen molar-refractivity contribution in [3.05, 3.63) is 47.5 Å². The van der Waals surface area contributed by atoms with Gasteiger partial charge < -0.3 is 24.1 Å². The van der Waals surface area contributed by atoms with Gasteiger partial charge in [-0.25, -0.2) is 4.79 Å². The molecule has 0 aromatic heterocycles. The molecule has 2 aromatic rings. The molecule has 1 aliphatic heterocycles. The second-order valence-corrected chi connectivity index (χ2v) is 5.75. The summed E-state index contributed by atoms with van der Waals surface area (Å²) in [5.74, 6) is 1.76. The minimum absolute atomic E-state index is 0.208. The van der Waals surface area contributed by atoms with Crippen molar-refractivity contribution in [2.24, 2.45) is 0 Å². The lowest BCUT2D eigenvalue weighted by molar-refractivity contribution is -0.139. The van der Waals surface area contributed by atoms with Gasteiger partial charge in [-0.2, -0.15) is 0 Å². The summed E-state index contributed by atoms with van der Waals surface area (Å²) in [4.78, 5) is 10.5. The van der Waals surface area contributed by atoms with Crippen LogP contribution in [0.5, 0.6) is 23.0 Å². The van der Waals surface area contributed by atoms with E-state index in [0.29, 0.717) is 23.9 Å². The third kappa shape index (κ3) is 3.63. The van der Waals surface area contributed by atoms with Gasteiger partial charge in [-0.05, 0) is 35.7 Å². The molecule has 2 aromatic carbocycles. The topological polar surface area (TPSA) is 74.2 Å². The van der Waals surface area contributed by atoms with Gasteiger partial charge in [-0.1, -0.05) is 18.2 Å². The maximum Gasteiger partial charge on any atom is 0.341 e. The molecule has 6 nitrogen and oxygen atoms in total. The Labute approximate surface area is 145 Å². The zero-order valence-corrected chi connectivity index (χ0v) is 14.2. The van der Waals surface area contributed by atoms with Crippen LogP contribution in [-0.4, -0.2) is 38.5 Å². The fourth-order valence-electron chi connectivity index (χ4n) is 2.96. The number of carbonyl (C=O) groups is 1. The summed E-state index contributed by atoms with van der Waals surface area (Å²) in [6.45, 7) is 0.187. The van der Waals surface area contributed by atoms with Crippen molar-refractivity contribution in [1.82, 2.24) is 0 Å². The minimum Gasteiger partial charge on any atom is -0.493 e. The molecule has 0 fully saturated rings. The van der Waals surface area contributed by atoms with E-state index in [9.17, 15) is 4.79 Å². The first kappa shape index (κ1) is 17.0. The van der Waals surface area contributed by atoms with Crippen molar-refractivity contribution < 1.29 is 28.8 Å². The van der Waals surface area contributed by atoms with Crippen LogP contribution in [0.3, 0.4) is 0 Å². The van der Waals surface area contributed by atoms with Crippen molar-refractivity contribution in [2.45, 2.75) is 12.3 Å². The van der Waals surface area contributed by atoms with Crippen molar-refractivity contribution in [3.63, 3.8) is 0 Å². The fraction of sp³-hybridized carbons (Fsp3) is 0.316. The largest absolute Gasteiger partial charge is 0.493 e. The fourth-order valence-corrected chi connectivity index (χ4v) is 2.96. The van der Waals surface area contributed by atoms with Crippen LogP contribution in [0.25, 0.3) is 0 Å². The van der Waals surface area contributed by atoms with Gasteiger partial charge in [-0.15, -0.1) is 0 Å². The summed E-state index contributed by atoms with van der Waals surface area (Å²) in [6, 6.07) is 11.3. The molecular weight excluding hydrogens is 324 g/mol. The number of ether oxygens (including phenoxy) is 4. The SMILES string of the molecule is COc1ccc2c(c1OC)OCC(c1ccc(OCC(=O)O)cc1)C2. The first-order chi connectivity index (χ1) is 12.1. The Kier molecular flexibility index (Phi) is 4.97. The number of aliphatic carboxylic acids is 1. The predicted molar refractivity (Wildman–Crippen MR) is 91.1 cm³/mol. The molecule has 1 unspecified atom stereocenters. The molecule has 1 aliphatic rings. The molecule has 3 rings (SSSR count). The number of rotatable bonds is 6. The molecule has 1 atom stereocenters. The van der Waals surface area contributed by atoms with E-state index in [1.165, 1.54) is 0 Å². The maximum absolute atomic E-state index is 10.5. The predicted octanol–water partition coefficient (Wildman–Crippen LogP) is 2.89. The molecule has 1 N–H and O–H groups in total. The van der Waals surface area contributed by atoms with Gasteiger partial charge in [0.1, 0.15) is 5.75 Å². The van der Waals surface area contributed by atoms with Crippen LogP contribution in [0.4, 0.5) is 0 Å². The van der Waals surface area contributed by atoms with E-state index in [1.54, 1.807) is 26.4 Å². The van der Waals surface area contributed by atoms with E-state index >= 15 is 0 Å². The third-order valence-corrected chi connectivity index (χ3v) is 4.19. The number of hydrogen-bond donors (Lipinski definition) is 1. The molecule has 0 amide bonds. The average Bonchev–Trinajstić information content (AvgIpc) is 2.65. The Morgan fingerprint density at radius 3 is 2.56 bits per heavy atom. The van der Waals surface area contributed by atoms with Gasteiger partial charge in [0.15, 0.2) is 18.1 Å². The normalized spacial score (nSPS) is 15.7. The second-order valence-electron chi connectivity index (χ2n) is 5.75. The van der Waals surface area contributed by atoms with Gasteiger partial charge >= 0.3 is 5.97 Å². The Bertz CT molecular complexity index is 753. The van der Waals surface area contributed by atoms with Crippen molar-refractivity contribution in [2.75, 3.05) is 27.4 Å². The first-order valence-corrected chi connectivity index (χ1v) is 7.93. The van der Waals surface area contributed by atoms with Gasteiger partial charge in [0.05, 0.1) is 20.8 Å². The molecule has 6 heteroatoms. The highest BCUT2D eigenvalue weighted by atomic mass is 16.5. The van der Waals surface area contributed by atoms with Crippen LogP contribution >= 0.6 is 0 Å². The number of methoxy groups -OCH3 is 2. The molecule has 0 saturated carbocycles. The standard InChI is InChI=1S/C19H20O6/c1-22-16-8-5-13-9-14(10-25-18(13)19(16)23-2)12-3-6-15(7-4-12)24-11-17(20)21/h3-8,14H,9-11H2,1-2H3,(H,20,21). The summed E-state index contributed by atoms with van der Waals surface area (Å²) >= 11 is 0. The smallest absolute Gasteiger partial charge is 0.341 e. The minimum atomic E-state index is -0.995. The van der Waals surface area contributed by atoms with Gasteiger partial charge in [0.25, 0.3) is 0 Å². The van der Waals surface area contributed by atoms with Crippen LogP contribution in [0.1, 0.15) is 17.0 Å². The Morgan fingerprint density at radius 2 is 1.92 bits per heavy atom. The van der Waals surface area contributed by atoms with Crippen LogP contribution in [0.15, 0.2) is 36.4 Å². The lowest BCUT2D eigenvalue weighted by Gasteiger charge is -2.27. The number of benzene rings is 2. The maximum atomic E-state index is 10.5. The van der Waals surface area contributed by atoms with Crippen molar-refractivity contribution >= 4 is 5.97 Å². The summed E-state index contributed by atoms with van der Waals surface area (Å²) in [7, 11) is 3.20. The van der Waals surface area contributed by atoms with Crippen LogP contribution < -0.4 is 18.9 Å². The Balaban J connectivity index is 1.75. The number of hydrogen-bond acceptors (Lipinski definition) is 5. The van der Waals surface area contributed by atoms with Crippen LogP contribution in [0.2, 0.25) is 0 Å². The summed E-state index contributed by atoms with van der Waals surface area (Å²) in [6.07, 6.45) is 0.824. The van der Waals surface area contributed by atoms with E-state index in [-0.39, 0.29) is 12.5 Å². The van der Waals surface area contributed by atoms with Crippen LogP contribution in [-0.2, 0) is 11.2 Å². The molecule has 132 valence electrons. The molecule has 0 spiro atoms. The van der Waals surface area contributed by atoms with E-state index in [0.717, 1.165) is 23.3 Å². The molecular formula is C19H20O6. The zero-order valence-electron chi connectivity index (χ0n) is 14.2. The van der Waals surface area contributed by atoms with E-state index in [2.05, 4.69) is 0 Å². The van der Waals surface area contributed by atoms with E-state index in [4.69, 9.17) is 24.1 Å². The van der Waals surface area contributed by atoms with Crippen molar-refractivity contribution in [3.8, 4) is 23.0 Å². The zero-order chi connectivity index (χ0) is 17.8. The lowest BCUT2D eigenvalue weighted by atomic mass is 9.90. The number of fused-ring (bicyclic) bond motifs is 1. The molecule has 0 bridgehead atoms. The molecule has 0 saturated heterocycles. The summed E-state index contributed by atoms with van der Waals surface area (Å²) < 4.78 is 21.8. The summed E-state index contributed by atoms with van der Waals surface area (Å²) in [5.41, 5.74) is 2.18. The van der Waals surface area contributed by atoms with Gasteiger partial charge in [-0.3, -0.25) is 0 Å². The molecule has 25 heavy (non-hydrogen) atoms. The highest BCUT2D eigenvalue weighted by molar-refractivity contribution is 5.68. The van der Waals surface area contributed by atoms with Crippen molar-refractivity contribution in [1.29, 1.82) is 0 Å². The molecule has 1 heterocycles. The lowest BCUT2D eigenvalue weighted by Crippen LogP contribution is -2.20. The summed E-state index contributed by atoms with van der Waals surface area (Å²) in [5, 5.41) is 8.65. The average molecular weight is 344 g/mol. The third-order valence-electron chi connectivity index (χ3n) is 4.19. The highest BCUT2D eigenvalue weighted by Crippen LogP contribution is 2.44. The van der Waals surface area contributed by atoms with Gasteiger partial charge in [0.2, 0.25) is 5.75 Å². The monoisotopic (exact) mass is 344 g/mol. The van der Waals surface area contributed by atoms with E-state index in [1.807, 2.05) is 24.3 Å². The Morgan fingerprint density at radius 1 is 1.16 bits per heavy atom. The highest BCUT2D eigenvalue weighted by Gasteiger charge is 2.26.